The number of carbonyl (C=O) groups excluding carboxylic acids is 1. The van der Waals surface area contributed by atoms with Crippen LogP contribution < -0.4 is 0 Å². The standard InChI is InChI=1S/C15H15BrO2/c1-15(10-6-8-11(16)9-7-10)13-5-3-2-4-12(13)14(17)18-15/h4,6-9,13H,2-3,5H2,1H3/t13-,15-/m1/s1. The lowest BCUT2D eigenvalue weighted by Gasteiger charge is -2.31. The van der Waals surface area contributed by atoms with E-state index in [1.165, 1.54) is 0 Å². The Hall–Kier alpha value is -1.09. The summed E-state index contributed by atoms with van der Waals surface area (Å²) >= 11 is 3.43. The highest BCUT2D eigenvalue weighted by Crippen LogP contribution is 2.48. The van der Waals surface area contributed by atoms with Crippen LogP contribution in [-0.4, -0.2) is 5.97 Å². The maximum Gasteiger partial charge on any atom is 0.335 e. The Labute approximate surface area is 115 Å². The second kappa shape index (κ2) is 4.23. The largest absolute Gasteiger partial charge is 0.450 e. The lowest BCUT2D eigenvalue weighted by Crippen LogP contribution is -2.30. The molecule has 18 heavy (non-hydrogen) atoms. The predicted octanol–water partition coefficient (Wildman–Crippen LogP) is 3.95. The van der Waals surface area contributed by atoms with E-state index in [4.69, 9.17) is 4.74 Å². The van der Waals surface area contributed by atoms with Crippen LogP contribution in [0.5, 0.6) is 0 Å². The third-order valence-electron chi connectivity index (χ3n) is 4.06. The van der Waals surface area contributed by atoms with Crippen molar-refractivity contribution in [2.45, 2.75) is 31.8 Å². The van der Waals surface area contributed by atoms with Gasteiger partial charge in [0.1, 0.15) is 5.60 Å². The zero-order valence-electron chi connectivity index (χ0n) is 10.3. The van der Waals surface area contributed by atoms with Gasteiger partial charge in [-0.05, 0) is 43.9 Å². The van der Waals surface area contributed by atoms with Crippen LogP contribution in [0.1, 0.15) is 31.7 Å². The number of benzene rings is 1. The van der Waals surface area contributed by atoms with Gasteiger partial charge in [-0.3, -0.25) is 0 Å². The Kier molecular flexibility index (Phi) is 2.81. The average Bonchev–Trinajstić information content (AvgIpc) is 2.64. The quantitative estimate of drug-likeness (QED) is 0.734. The highest BCUT2D eigenvalue weighted by molar-refractivity contribution is 9.10. The molecule has 0 aromatic heterocycles. The number of ether oxygens (including phenoxy) is 1. The van der Waals surface area contributed by atoms with Crippen molar-refractivity contribution < 1.29 is 9.53 Å². The van der Waals surface area contributed by atoms with Gasteiger partial charge in [-0.15, -0.1) is 0 Å². The first-order valence-electron chi connectivity index (χ1n) is 6.31. The molecular formula is C15H15BrO2. The summed E-state index contributed by atoms with van der Waals surface area (Å²) in [5.41, 5.74) is 1.46. The van der Waals surface area contributed by atoms with E-state index in [1.807, 2.05) is 31.2 Å². The van der Waals surface area contributed by atoms with Crippen molar-refractivity contribution in [1.82, 2.24) is 0 Å². The summed E-state index contributed by atoms with van der Waals surface area (Å²) in [6.45, 7) is 2.03. The van der Waals surface area contributed by atoms with Crippen LogP contribution in [-0.2, 0) is 15.1 Å². The second-order valence-electron chi connectivity index (χ2n) is 5.15. The minimum absolute atomic E-state index is 0.134. The molecule has 1 aromatic carbocycles. The zero-order chi connectivity index (χ0) is 12.8. The van der Waals surface area contributed by atoms with Crippen LogP contribution in [0.15, 0.2) is 40.4 Å². The third-order valence-corrected chi connectivity index (χ3v) is 4.59. The van der Waals surface area contributed by atoms with Crippen LogP contribution in [0.2, 0.25) is 0 Å². The second-order valence-corrected chi connectivity index (χ2v) is 6.06. The third kappa shape index (κ3) is 1.72. The van der Waals surface area contributed by atoms with E-state index < -0.39 is 5.60 Å². The van der Waals surface area contributed by atoms with E-state index in [2.05, 4.69) is 22.0 Å². The van der Waals surface area contributed by atoms with Crippen molar-refractivity contribution in [2.24, 2.45) is 5.92 Å². The fourth-order valence-corrected chi connectivity index (χ4v) is 3.30. The first-order chi connectivity index (χ1) is 8.61. The SMILES string of the molecule is C[C@]1(c2ccc(Br)cc2)OC(=O)C2=CCCC[C@H]21. The minimum Gasteiger partial charge on any atom is -0.450 e. The molecule has 3 heteroatoms. The molecule has 0 unspecified atom stereocenters. The van der Waals surface area contributed by atoms with Crippen molar-refractivity contribution in [2.75, 3.05) is 0 Å². The summed E-state index contributed by atoms with van der Waals surface area (Å²) in [6.07, 6.45) is 5.22. The van der Waals surface area contributed by atoms with Gasteiger partial charge < -0.3 is 4.74 Å². The number of halogens is 1. The molecular weight excluding hydrogens is 292 g/mol. The maximum absolute atomic E-state index is 12.0. The summed E-state index contributed by atoms with van der Waals surface area (Å²) in [6, 6.07) is 8.07. The molecule has 1 aromatic rings. The molecule has 0 saturated carbocycles. The maximum atomic E-state index is 12.0. The van der Waals surface area contributed by atoms with Gasteiger partial charge in [-0.25, -0.2) is 4.79 Å². The van der Waals surface area contributed by atoms with Gasteiger partial charge in [0.05, 0.1) is 0 Å². The Balaban J connectivity index is 2.04. The Bertz CT molecular complexity index is 518. The Morgan fingerprint density at radius 1 is 1.33 bits per heavy atom. The van der Waals surface area contributed by atoms with Crippen molar-refractivity contribution >= 4 is 21.9 Å². The van der Waals surface area contributed by atoms with E-state index in [0.29, 0.717) is 0 Å². The van der Waals surface area contributed by atoms with Crippen molar-refractivity contribution in [1.29, 1.82) is 0 Å². The summed E-state index contributed by atoms with van der Waals surface area (Å²) < 4.78 is 6.74. The van der Waals surface area contributed by atoms with E-state index in [1.54, 1.807) is 0 Å². The van der Waals surface area contributed by atoms with E-state index in [0.717, 1.165) is 34.9 Å². The molecule has 2 nitrogen and oxygen atoms in total. The lowest BCUT2D eigenvalue weighted by atomic mass is 9.75. The lowest BCUT2D eigenvalue weighted by molar-refractivity contribution is -0.147. The monoisotopic (exact) mass is 306 g/mol. The Morgan fingerprint density at radius 2 is 2.06 bits per heavy atom. The van der Waals surface area contributed by atoms with Crippen LogP contribution >= 0.6 is 15.9 Å². The molecule has 0 amide bonds. The molecule has 3 rings (SSSR count). The molecule has 0 radical (unpaired) electrons. The van der Waals surface area contributed by atoms with Gasteiger partial charge in [0.15, 0.2) is 0 Å². The molecule has 1 heterocycles. The van der Waals surface area contributed by atoms with E-state index >= 15 is 0 Å². The normalized spacial score (nSPS) is 30.7. The first kappa shape index (κ1) is 12.0. The average molecular weight is 307 g/mol. The predicted molar refractivity (Wildman–Crippen MR) is 73.0 cm³/mol. The molecule has 0 spiro atoms. The van der Waals surface area contributed by atoms with Gasteiger partial charge >= 0.3 is 5.97 Å². The molecule has 1 fully saturated rings. The Morgan fingerprint density at radius 3 is 2.78 bits per heavy atom. The summed E-state index contributed by atoms with van der Waals surface area (Å²) in [5, 5.41) is 0. The van der Waals surface area contributed by atoms with Gasteiger partial charge in [0.25, 0.3) is 0 Å². The van der Waals surface area contributed by atoms with Gasteiger partial charge in [-0.1, -0.05) is 34.1 Å². The number of esters is 1. The minimum atomic E-state index is -0.496. The van der Waals surface area contributed by atoms with Crippen LogP contribution in [0.25, 0.3) is 0 Å². The summed E-state index contributed by atoms with van der Waals surface area (Å²) in [4.78, 5) is 12.0. The van der Waals surface area contributed by atoms with Crippen LogP contribution in [0.4, 0.5) is 0 Å². The first-order valence-corrected chi connectivity index (χ1v) is 7.10. The molecule has 94 valence electrons. The number of hydrogen-bond acceptors (Lipinski definition) is 2. The highest BCUT2D eigenvalue weighted by Gasteiger charge is 2.50. The van der Waals surface area contributed by atoms with Crippen molar-refractivity contribution in [3.8, 4) is 0 Å². The van der Waals surface area contributed by atoms with Crippen LogP contribution in [0.3, 0.4) is 0 Å². The van der Waals surface area contributed by atoms with Gasteiger partial charge in [0, 0.05) is 16.0 Å². The van der Waals surface area contributed by atoms with E-state index in [9.17, 15) is 4.79 Å². The van der Waals surface area contributed by atoms with Gasteiger partial charge in [-0.2, -0.15) is 0 Å². The fourth-order valence-electron chi connectivity index (χ4n) is 3.04. The topological polar surface area (TPSA) is 26.3 Å². The number of allylic oxidation sites excluding steroid dienone is 1. The molecule has 1 saturated heterocycles. The van der Waals surface area contributed by atoms with Gasteiger partial charge in [0.2, 0.25) is 0 Å². The molecule has 2 aliphatic rings. The smallest absolute Gasteiger partial charge is 0.335 e. The number of hydrogen-bond donors (Lipinski definition) is 0. The van der Waals surface area contributed by atoms with Crippen molar-refractivity contribution in [3.63, 3.8) is 0 Å². The molecule has 0 bridgehead atoms. The molecule has 2 atom stereocenters. The zero-order valence-corrected chi connectivity index (χ0v) is 11.9. The summed E-state index contributed by atoms with van der Waals surface area (Å²) in [7, 11) is 0. The highest BCUT2D eigenvalue weighted by atomic mass is 79.9. The fraction of sp³-hybridized carbons (Fsp3) is 0.400. The molecule has 1 aliphatic carbocycles. The van der Waals surface area contributed by atoms with Crippen molar-refractivity contribution in [3.05, 3.63) is 46.0 Å². The van der Waals surface area contributed by atoms with E-state index in [-0.39, 0.29) is 11.9 Å². The molecule has 1 aliphatic heterocycles. The number of carbonyl (C=O) groups is 1. The summed E-state index contributed by atoms with van der Waals surface area (Å²) in [5.74, 6) is 0.0741. The number of cyclic esters (lactones) is 1. The van der Waals surface area contributed by atoms with Crippen LogP contribution in [0, 0.1) is 5.92 Å². The number of rotatable bonds is 1. The number of fused-ring (bicyclic) bond motifs is 1. The molecule has 0 N–H and O–H groups in total.